The van der Waals surface area contributed by atoms with Crippen LogP contribution in [0.5, 0.6) is 17.4 Å². The number of ether oxygens (including phenoxy) is 2. The van der Waals surface area contributed by atoms with Crippen LogP contribution in [0.15, 0.2) is 30.6 Å². The minimum absolute atomic E-state index is 0.0883. The first kappa shape index (κ1) is 15.3. The first-order valence-electron chi connectivity index (χ1n) is 6.82. The number of nitrogens with zero attached hydrogens (tertiary/aromatic N) is 2. The van der Waals surface area contributed by atoms with E-state index < -0.39 is 0 Å². The van der Waals surface area contributed by atoms with Gasteiger partial charge in [-0.05, 0) is 23.6 Å². The quantitative estimate of drug-likeness (QED) is 0.936. The molecule has 1 heterocycles. The highest BCUT2D eigenvalue weighted by molar-refractivity contribution is 5.45. The van der Waals surface area contributed by atoms with Crippen LogP contribution in [0, 0.1) is 0 Å². The number of methoxy groups -OCH3 is 1. The van der Waals surface area contributed by atoms with Crippen molar-refractivity contribution in [3.05, 3.63) is 41.9 Å². The summed E-state index contributed by atoms with van der Waals surface area (Å²) < 4.78 is 11.2. The van der Waals surface area contributed by atoms with Crippen molar-refractivity contribution in [1.29, 1.82) is 0 Å². The van der Waals surface area contributed by atoms with E-state index in [0.29, 0.717) is 11.6 Å². The lowest BCUT2D eigenvalue weighted by Crippen LogP contribution is -2.13. The number of hydrogen-bond donors (Lipinski definition) is 1. The van der Waals surface area contributed by atoms with E-state index in [4.69, 9.17) is 15.2 Å². The second-order valence-corrected chi connectivity index (χ2v) is 5.73. The molecule has 1 aromatic heterocycles. The lowest BCUT2D eigenvalue weighted by Gasteiger charge is -2.23. The summed E-state index contributed by atoms with van der Waals surface area (Å²) >= 11 is 0. The average molecular weight is 287 g/mol. The number of nitrogens with two attached hydrogens (primary N) is 1. The molecule has 0 aliphatic carbocycles. The Morgan fingerprint density at radius 1 is 1.14 bits per heavy atom. The molecule has 5 heteroatoms. The summed E-state index contributed by atoms with van der Waals surface area (Å²) in [4.78, 5) is 8.40. The first-order chi connectivity index (χ1) is 9.95. The summed E-state index contributed by atoms with van der Waals surface area (Å²) in [6.45, 7) is 6.64. The molecule has 112 valence electrons. The van der Waals surface area contributed by atoms with Gasteiger partial charge in [-0.25, -0.2) is 4.98 Å². The van der Waals surface area contributed by atoms with Gasteiger partial charge in [0.05, 0.1) is 7.11 Å². The van der Waals surface area contributed by atoms with Crippen LogP contribution in [0.25, 0.3) is 0 Å². The van der Waals surface area contributed by atoms with Crippen molar-refractivity contribution in [2.45, 2.75) is 32.7 Å². The van der Waals surface area contributed by atoms with E-state index in [1.807, 2.05) is 18.2 Å². The Hall–Kier alpha value is -2.14. The van der Waals surface area contributed by atoms with Crippen LogP contribution in [0.1, 0.15) is 32.0 Å². The fraction of sp³-hybridized carbons (Fsp3) is 0.375. The van der Waals surface area contributed by atoms with Crippen LogP contribution >= 0.6 is 0 Å². The topological polar surface area (TPSA) is 70.3 Å². The Balaban J connectivity index is 2.44. The van der Waals surface area contributed by atoms with Gasteiger partial charge in [-0.2, -0.15) is 0 Å². The van der Waals surface area contributed by atoms with Gasteiger partial charge in [-0.1, -0.05) is 20.8 Å². The van der Waals surface area contributed by atoms with Crippen LogP contribution in [-0.4, -0.2) is 17.1 Å². The Bertz CT molecular complexity index is 621. The molecule has 1 aromatic carbocycles. The van der Waals surface area contributed by atoms with Crippen molar-refractivity contribution in [1.82, 2.24) is 9.97 Å². The zero-order chi connectivity index (χ0) is 15.5. The number of benzene rings is 1. The standard InChI is InChI=1S/C16H21N3O2/c1-16(2,3)12-9-11(20-4)5-6-14(12)21-15-13(10-17)18-7-8-19-15/h5-9H,10,17H2,1-4H3. The van der Waals surface area contributed by atoms with Gasteiger partial charge in [0.2, 0.25) is 5.88 Å². The van der Waals surface area contributed by atoms with Gasteiger partial charge in [0, 0.05) is 24.5 Å². The molecule has 21 heavy (non-hydrogen) atoms. The molecule has 0 amide bonds. The minimum atomic E-state index is -0.0883. The summed E-state index contributed by atoms with van der Waals surface area (Å²) in [6.07, 6.45) is 3.20. The molecule has 0 radical (unpaired) electrons. The Kier molecular flexibility index (Phi) is 4.43. The molecule has 2 aromatic rings. The Labute approximate surface area is 125 Å². The SMILES string of the molecule is COc1ccc(Oc2nccnc2CN)c(C(C)(C)C)c1. The molecule has 0 fully saturated rings. The predicted octanol–water partition coefficient (Wildman–Crippen LogP) is 3.03. The third kappa shape index (κ3) is 3.49. The van der Waals surface area contributed by atoms with Gasteiger partial charge in [-0.15, -0.1) is 0 Å². The third-order valence-corrected chi connectivity index (χ3v) is 3.13. The summed E-state index contributed by atoms with van der Waals surface area (Å²) in [5.74, 6) is 1.97. The smallest absolute Gasteiger partial charge is 0.242 e. The normalized spacial score (nSPS) is 11.3. The molecule has 2 N–H and O–H groups in total. The number of rotatable bonds is 4. The van der Waals surface area contributed by atoms with Crippen molar-refractivity contribution < 1.29 is 9.47 Å². The van der Waals surface area contributed by atoms with Gasteiger partial charge in [0.25, 0.3) is 0 Å². The molecule has 2 rings (SSSR count). The Morgan fingerprint density at radius 3 is 2.48 bits per heavy atom. The van der Waals surface area contributed by atoms with Crippen LogP contribution in [-0.2, 0) is 12.0 Å². The minimum Gasteiger partial charge on any atom is -0.497 e. The lowest BCUT2D eigenvalue weighted by molar-refractivity contribution is 0.403. The zero-order valence-corrected chi connectivity index (χ0v) is 12.9. The van der Waals surface area contributed by atoms with Gasteiger partial charge < -0.3 is 15.2 Å². The first-order valence-corrected chi connectivity index (χ1v) is 6.82. The molecular weight excluding hydrogens is 266 g/mol. The lowest BCUT2D eigenvalue weighted by atomic mass is 9.86. The van der Waals surface area contributed by atoms with Crippen molar-refractivity contribution in [2.75, 3.05) is 7.11 Å². The second-order valence-electron chi connectivity index (χ2n) is 5.73. The Morgan fingerprint density at radius 2 is 1.86 bits per heavy atom. The van der Waals surface area contributed by atoms with E-state index >= 15 is 0 Å². The van der Waals surface area contributed by atoms with Crippen LogP contribution in [0.4, 0.5) is 0 Å². The molecule has 0 aliphatic heterocycles. The summed E-state index contributed by atoms with van der Waals surface area (Å²) in [5, 5.41) is 0. The molecule has 0 atom stereocenters. The zero-order valence-electron chi connectivity index (χ0n) is 12.9. The maximum absolute atomic E-state index is 5.95. The van der Waals surface area contributed by atoms with Gasteiger partial charge in [-0.3, -0.25) is 4.98 Å². The van der Waals surface area contributed by atoms with Crippen molar-refractivity contribution in [2.24, 2.45) is 5.73 Å². The monoisotopic (exact) mass is 287 g/mol. The van der Waals surface area contributed by atoms with Crippen LogP contribution in [0.3, 0.4) is 0 Å². The molecule has 0 spiro atoms. The van der Waals surface area contributed by atoms with E-state index in [2.05, 4.69) is 30.7 Å². The molecule has 0 aliphatic rings. The summed E-state index contributed by atoms with van der Waals surface area (Å²) in [7, 11) is 1.65. The van der Waals surface area contributed by atoms with E-state index in [0.717, 1.165) is 17.1 Å². The molecule has 0 unspecified atom stereocenters. The molecule has 5 nitrogen and oxygen atoms in total. The van der Waals surface area contributed by atoms with E-state index in [1.165, 1.54) is 0 Å². The highest BCUT2D eigenvalue weighted by Crippen LogP contribution is 2.36. The molecule has 0 saturated carbocycles. The third-order valence-electron chi connectivity index (χ3n) is 3.13. The molecular formula is C16H21N3O2. The van der Waals surface area contributed by atoms with Gasteiger partial charge >= 0.3 is 0 Å². The number of hydrogen-bond acceptors (Lipinski definition) is 5. The maximum atomic E-state index is 5.95. The van der Waals surface area contributed by atoms with Crippen molar-refractivity contribution >= 4 is 0 Å². The highest BCUT2D eigenvalue weighted by atomic mass is 16.5. The largest absolute Gasteiger partial charge is 0.497 e. The second kappa shape index (κ2) is 6.10. The summed E-state index contributed by atoms with van der Waals surface area (Å²) in [6, 6.07) is 5.73. The van der Waals surface area contributed by atoms with Crippen LogP contribution < -0.4 is 15.2 Å². The van der Waals surface area contributed by atoms with Gasteiger partial charge in [0.15, 0.2) is 0 Å². The summed E-state index contributed by atoms with van der Waals surface area (Å²) in [5.41, 5.74) is 7.25. The van der Waals surface area contributed by atoms with Crippen molar-refractivity contribution in [3.63, 3.8) is 0 Å². The average Bonchev–Trinajstić information content (AvgIpc) is 2.47. The predicted molar refractivity (Wildman–Crippen MR) is 81.7 cm³/mol. The van der Waals surface area contributed by atoms with E-state index in [-0.39, 0.29) is 12.0 Å². The van der Waals surface area contributed by atoms with E-state index in [1.54, 1.807) is 19.5 Å². The number of aromatic nitrogens is 2. The molecule has 0 bridgehead atoms. The fourth-order valence-corrected chi connectivity index (χ4v) is 1.99. The fourth-order valence-electron chi connectivity index (χ4n) is 1.99. The van der Waals surface area contributed by atoms with Crippen LogP contribution in [0.2, 0.25) is 0 Å². The molecule has 0 saturated heterocycles. The van der Waals surface area contributed by atoms with Gasteiger partial charge in [0.1, 0.15) is 17.2 Å². The van der Waals surface area contributed by atoms with E-state index in [9.17, 15) is 0 Å². The highest BCUT2D eigenvalue weighted by Gasteiger charge is 2.21. The van der Waals surface area contributed by atoms with Crippen molar-refractivity contribution in [3.8, 4) is 17.4 Å². The maximum Gasteiger partial charge on any atom is 0.242 e.